The van der Waals surface area contributed by atoms with Crippen LogP contribution in [0.15, 0.2) is 48.8 Å². The van der Waals surface area contributed by atoms with E-state index in [0.29, 0.717) is 58.6 Å². The summed E-state index contributed by atoms with van der Waals surface area (Å²) in [4.78, 5) is 31.8. The molecule has 4 heterocycles. The molecule has 2 aliphatic rings. The van der Waals surface area contributed by atoms with Crippen molar-refractivity contribution in [3.8, 4) is 11.1 Å². The van der Waals surface area contributed by atoms with Crippen LogP contribution in [-0.2, 0) is 18.2 Å². The molecule has 1 N–H and O–H groups in total. The van der Waals surface area contributed by atoms with Gasteiger partial charge in [-0.05, 0) is 65.8 Å². The van der Waals surface area contributed by atoms with Gasteiger partial charge in [0.15, 0.2) is 5.69 Å². The lowest BCUT2D eigenvalue weighted by atomic mass is 9.93. The minimum absolute atomic E-state index is 0.128. The summed E-state index contributed by atoms with van der Waals surface area (Å²) in [7, 11) is 1.73. The molecule has 4 aromatic rings. The molecule has 0 atom stereocenters. The molecule has 0 spiro atoms. The van der Waals surface area contributed by atoms with E-state index in [-0.39, 0.29) is 17.9 Å². The number of aromatic nitrogens is 3. The number of benzene rings is 2. The zero-order chi connectivity index (χ0) is 26.6. The maximum atomic E-state index is 14.3. The lowest BCUT2D eigenvalue weighted by molar-refractivity contribution is 0.0690. The number of fused-ring (bicyclic) bond motifs is 2. The quantitative estimate of drug-likeness (QED) is 0.381. The molecule has 0 aliphatic carbocycles. The van der Waals surface area contributed by atoms with Crippen LogP contribution < -0.4 is 9.80 Å². The number of carbonyl (C=O) groups excluding carboxylic acids is 1. The molecule has 0 unspecified atom stereocenters. The minimum Gasteiger partial charge on any atom is -0.477 e. The third-order valence-corrected chi connectivity index (χ3v) is 6.96. The van der Waals surface area contributed by atoms with Crippen molar-refractivity contribution in [2.75, 3.05) is 29.5 Å². The summed E-state index contributed by atoms with van der Waals surface area (Å²) in [6.45, 7) is 1.15. The number of rotatable bonds is 5. The molecule has 0 radical (unpaired) electrons. The predicted octanol–water partition coefficient (Wildman–Crippen LogP) is 5.31. The van der Waals surface area contributed by atoms with Gasteiger partial charge in [0.25, 0.3) is 6.43 Å². The first-order valence-corrected chi connectivity index (χ1v) is 12.1. The van der Waals surface area contributed by atoms with Crippen LogP contribution in [0.1, 0.15) is 34.5 Å². The number of amides is 1. The molecular weight excluding hydrogens is 496 g/mol. The van der Waals surface area contributed by atoms with Gasteiger partial charge in [0.1, 0.15) is 12.4 Å². The molecule has 2 aromatic carbocycles. The largest absolute Gasteiger partial charge is 0.477 e. The van der Waals surface area contributed by atoms with E-state index in [1.165, 1.54) is 17.0 Å². The average Bonchev–Trinajstić information content (AvgIpc) is 3.54. The molecule has 1 amide bonds. The average molecular weight is 520 g/mol. The third kappa shape index (κ3) is 4.00. The lowest BCUT2D eigenvalue weighted by Crippen LogP contribution is -2.27. The maximum Gasteiger partial charge on any atom is 0.414 e. The van der Waals surface area contributed by atoms with Gasteiger partial charge in [-0.3, -0.25) is 9.58 Å². The fourth-order valence-electron chi connectivity index (χ4n) is 5.20. The first-order chi connectivity index (χ1) is 18.3. The number of hydrogen-bond donors (Lipinski definition) is 1. The zero-order valence-electron chi connectivity index (χ0n) is 20.4. The predicted molar refractivity (Wildman–Crippen MR) is 136 cm³/mol. The van der Waals surface area contributed by atoms with Crippen LogP contribution in [0.2, 0.25) is 0 Å². The van der Waals surface area contributed by atoms with E-state index in [4.69, 9.17) is 4.74 Å². The smallest absolute Gasteiger partial charge is 0.414 e. The van der Waals surface area contributed by atoms with E-state index in [1.54, 1.807) is 48.4 Å². The Bertz CT molecular complexity index is 1600. The Morgan fingerprint density at radius 2 is 1.97 bits per heavy atom. The van der Waals surface area contributed by atoms with Crippen molar-refractivity contribution < 1.29 is 28.2 Å². The molecule has 1 saturated heterocycles. The summed E-state index contributed by atoms with van der Waals surface area (Å²) in [5.41, 5.74) is 2.74. The van der Waals surface area contributed by atoms with Gasteiger partial charge in [-0.25, -0.2) is 23.4 Å². The molecule has 38 heavy (non-hydrogen) atoms. The topological polar surface area (TPSA) is 101 Å². The van der Waals surface area contributed by atoms with Crippen molar-refractivity contribution in [1.29, 1.82) is 0 Å². The van der Waals surface area contributed by atoms with Crippen molar-refractivity contribution in [2.24, 2.45) is 7.05 Å². The summed E-state index contributed by atoms with van der Waals surface area (Å²) in [5, 5.41) is 15.1. The lowest BCUT2D eigenvalue weighted by Gasteiger charge is -2.32. The van der Waals surface area contributed by atoms with Crippen molar-refractivity contribution in [3.63, 3.8) is 0 Å². The highest BCUT2D eigenvalue weighted by Gasteiger charge is 2.28. The highest BCUT2D eigenvalue weighted by atomic mass is 19.3. The molecule has 0 bridgehead atoms. The number of alkyl halides is 2. The van der Waals surface area contributed by atoms with Crippen LogP contribution in [0, 0.1) is 0 Å². The van der Waals surface area contributed by atoms with Crippen LogP contribution in [-0.4, -0.2) is 51.6 Å². The fourth-order valence-corrected chi connectivity index (χ4v) is 5.20. The number of pyridine rings is 1. The van der Waals surface area contributed by atoms with E-state index in [0.717, 1.165) is 12.0 Å². The molecule has 2 aromatic heterocycles. The number of aryl methyl sites for hydroxylation is 2. The van der Waals surface area contributed by atoms with E-state index in [2.05, 4.69) is 10.1 Å². The summed E-state index contributed by atoms with van der Waals surface area (Å²) in [5.74, 6) is -0.845. The Morgan fingerprint density at radius 1 is 1.13 bits per heavy atom. The van der Waals surface area contributed by atoms with E-state index < -0.39 is 18.5 Å². The molecule has 6 rings (SSSR count). The maximum absolute atomic E-state index is 14.3. The number of cyclic esters (lactones) is 1. The Morgan fingerprint density at radius 3 is 2.66 bits per heavy atom. The van der Waals surface area contributed by atoms with Gasteiger partial charge in [0.05, 0.1) is 12.7 Å². The summed E-state index contributed by atoms with van der Waals surface area (Å²) in [6.07, 6.45) is 1.48. The van der Waals surface area contributed by atoms with Crippen molar-refractivity contribution in [2.45, 2.75) is 19.3 Å². The number of hydrogen-bond acceptors (Lipinski definition) is 6. The van der Waals surface area contributed by atoms with Crippen LogP contribution in [0.3, 0.4) is 0 Å². The molecule has 0 saturated carbocycles. The van der Waals surface area contributed by atoms with E-state index in [9.17, 15) is 23.5 Å². The van der Waals surface area contributed by atoms with Gasteiger partial charge >= 0.3 is 12.1 Å². The van der Waals surface area contributed by atoms with Gasteiger partial charge in [0.2, 0.25) is 0 Å². The summed E-state index contributed by atoms with van der Waals surface area (Å²) in [6, 6.07) is 9.96. The van der Waals surface area contributed by atoms with Crippen molar-refractivity contribution in [3.05, 3.63) is 65.6 Å². The van der Waals surface area contributed by atoms with Crippen LogP contribution >= 0.6 is 0 Å². The molecule has 11 heteroatoms. The van der Waals surface area contributed by atoms with Crippen molar-refractivity contribution in [1.82, 2.24) is 14.8 Å². The molecular formula is C27H23F2N5O4. The van der Waals surface area contributed by atoms with E-state index in [1.807, 2.05) is 4.90 Å². The van der Waals surface area contributed by atoms with Crippen LogP contribution in [0.4, 0.5) is 30.8 Å². The highest BCUT2D eigenvalue weighted by molar-refractivity contribution is 6.02. The van der Waals surface area contributed by atoms with Crippen LogP contribution in [0.25, 0.3) is 21.9 Å². The first-order valence-electron chi connectivity index (χ1n) is 12.1. The molecule has 9 nitrogen and oxygen atoms in total. The first kappa shape index (κ1) is 23.8. The van der Waals surface area contributed by atoms with Gasteiger partial charge in [0, 0.05) is 47.7 Å². The number of nitrogens with zero attached hydrogens (tertiary/aromatic N) is 5. The number of carboxylic acids is 1. The van der Waals surface area contributed by atoms with Gasteiger partial charge in [-0.2, -0.15) is 5.10 Å². The third-order valence-electron chi connectivity index (χ3n) is 6.96. The highest BCUT2D eigenvalue weighted by Crippen LogP contribution is 2.42. The number of ether oxygens (including phenoxy) is 1. The zero-order valence-corrected chi connectivity index (χ0v) is 20.4. The molecule has 2 aliphatic heterocycles. The number of halogens is 2. The van der Waals surface area contributed by atoms with Crippen LogP contribution in [0.5, 0.6) is 0 Å². The molecule has 194 valence electrons. The Labute approximate surface area is 215 Å². The standard InChI is InChI=1S/C27H23F2N5O4/c1-32-14-17(13-30-32)20-10-15-3-2-6-34(23(15)12-21(20)24(28)29)25-19-5-4-18(33-7-8-38-27(33)37)9-16(19)11-22(31-25)26(35)36/h4-5,9-14,24H,2-3,6-8H2,1H3,(H,35,36). The molecule has 1 fully saturated rings. The number of carbonyl (C=O) groups is 2. The number of anilines is 3. The van der Waals surface area contributed by atoms with Gasteiger partial charge < -0.3 is 14.7 Å². The summed E-state index contributed by atoms with van der Waals surface area (Å²) >= 11 is 0. The Balaban J connectivity index is 1.52. The monoisotopic (exact) mass is 519 g/mol. The Hall–Kier alpha value is -4.54. The van der Waals surface area contributed by atoms with E-state index >= 15 is 0 Å². The minimum atomic E-state index is -2.72. The van der Waals surface area contributed by atoms with Gasteiger partial charge in [-0.1, -0.05) is 0 Å². The normalized spacial score (nSPS) is 15.3. The second-order valence-corrected chi connectivity index (χ2v) is 9.33. The van der Waals surface area contributed by atoms with Gasteiger partial charge in [-0.15, -0.1) is 0 Å². The number of aromatic carboxylic acids is 1. The summed E-state index contributed by atoms with van der Waals surface area (Å²) < 4.78 is 35.2. The second kappa shape index (κ2) is 9.09. The Kier molecular flexibility index (Phi) is 5.70. The SMILES string of the molecule is Cn1cc(-c2cc3c(cc2C(F)F)N(c2nc(C(=O)O)cc4cc(N5CCOC5=O)ccc24)CCC3)cn1. The fraction of sp³-hybridized carbons (Fsp3) is 0.259. The van der Waals surface area contributed by atoms with Crippen molar-refractivity contribution >= 4 is 40.0 Å². The second-order valence-electron chi connectivity index (χ2n) is 9.33. The number of carboxylic acid groups (broad SMARTS) is 1.